The summed E-state index contributed by atoms with van der Waals surface area (Å²) in [4.78, 5) is 12.1. The molecule has 1 aromatic rings. The Hall–Kier alpha value is -1.84. The molecule has 0 aliphatic rings. The van der Waals surface area contributed by atoms with Gasteiger partial charge in [-0.15, -0.1) is 0 Å². The Morgan fingerprint density at radius 3 is 2.05 bits per heavy atom. The van der Waals surface area contributed by atoms with E-state index in [1.165, 1.54) is 0 Å². The lowest BCUT2D eigenvalue weighted by molar-refractivity contribution is 0.0954. The zero-order valence-corrected chi connectivity index (χ0v) is 13.6. The predicted octanol–water partition coefficient (Wildman–Crippen LogP) is 3.87. The molecule has 4 heteroatoms. The summed E-state index contributed by atoms with van der Waals surface area (Å²) in [6, 6.07) is 6.99. The van der Waals surface area contributed by atoms with E-state index in [9.17, 15) is 4.79 Å². The van der Waals surface area contributed by atoms with E-state index in [1.54, 1.807) is 31.4 Å². The highest BCUT2D eigenvalue weighted by molar-refractivity contribution is 5.95. The van der Waals surface area contributed by atoms with Crippen molar-refractivity contribution in [2.45, 2.75) is 40.5 Å². The molecule has 1 amide bonds. The topological polar surface area (TPSA) is 50.7 Å². The fraction of sp³-hybridized carbons (Fsp3) is 0.529. The summed E-state index contributed by atoms with van der Waals surface area (Å²) in [7, 11) is 1.60. The van der Waals surface area contributed by atoms with Crippen molar-refractivity contribution in [3.63, 3.8) is 0 Å². The Labute approximate surface area is 127 Å². The lowest BCUT2D eigenvalue weighted by Gasteiger charge is -2.11. The van der Waals surface area contributed by atoms with Crippen LogP contribution in [0.25, 0.3) is 0 Å². The molecule has 1 N–H and O–H groups in total. The number of nitrogens with one attached hydrogen (secondary N) is 1. The van der Waals surface area contributed by atoms with Crippen LogP contribution in [0.4, 0.5) is 0 Å². The third kappa shape index (κ3) is 6.43. The van der Waals surface area contributed by atoms with E-state index in [2.05, 4.69) is 38.2 Å². The van der Waals surface area contributed by atoms with Crippen LogP contribution >= 0.6 is 0 Å². The van der Waals surface area contributed by atoms with E-state index in [0.717, 1.165) is 24.3 Å². The van der Waals surface area contributed by atoms with Gasteiger partial charge in [0.05, 0.1) is 7.11 Å². The highest BCUT2D eigenvalue weighted by atomic mass is 16.5. The molecule has 0 aromatic heterocycles. The van der Waals surface area contributed by atoms with Crippen LogP contribution in [0.2, 0.25) is 0 Å². The quantitative estimate of drug-likeness (QED) is 0.612. The van der Waals surface area contributed by atoms with Gasteiger partial charge in [0, 0.05) is 11.3 Å². The Morgan fingerprint density at radius 2 is 1.62 bits per heavy atom. The van der Waals surface area contributed by atoms with Gasteiger partial charge in [-0.25, -0.2) is 5.43 Å². The van der Waals surface area contributed by atoms with Crippen LogP contribution in [0.1, 0.15) is 50.9 Å². The summed E-state index contributed by atoms with van der Waals surface area (Å²) in [6.07, 6.45) is 1.81. The van der Waals surface area contributed by atoms with Crippen molar-refractivity contribution in [1.82, 2.24) is 5.43 Å². The number of hydrogen-bond donors (Lipinski definition) is 1. The molecule has 0 atom stereocenters. The van der Waals surface area contributed by atoms with E-state index >= 15 is 0 Å². The Morgan fingerprint density at radius 1 is 1.10 bits per heavy atom. The SMILES string of the molecule is COc1ccc(C(=O)NN=C(CC(C)C)CC(C)C)cc1. The maximum absolute atomic E-state index is 12.1. The van der Waals surface area contributed by atoms with Crippen molar-refractivity contribution >= 4 is 11.6 Å². The third-order valence-corrected chi connectivity index (χ3v) is 2.96. The van der Waals surface area contributed by atoms with Gasteiger partial charge in [-0.3, -0.25) is 4.79 Å². The fourth-order valence-corrected chi connectivity index (χ4v) is 2.05. The van der Waals surface area contributed by atoms with Crippen molar-refractivity contribution in [3.8, 4) is 5.75 Å². The molecule has 1 aromatic carbocycles. The lowest BCUT2D eigenvalue weighted by Crippen LogP contribution is -2.21. The zero-order valence-electron chi connectivity index (χ0n) is 13.6. The van der Waals surface area contributed by atoms with Gasteiger partial charge in [-0.1, -0.05) is 27.7 Å². The molecule has 0 heterocycles. The highest BCUT2D eigenvalue weighted by Gasteiger charge is 2.09. The largest absolute Gasteiger partial charge is 0.497 e. The maximum Gasteiger partial charge on any atom is 0.271 e. The van der Waals surface area contributed by atoms with E-state index in [1.807, 2.05) is 0 Å². The minimum atomic E-state index is -0.192. The molecule has 0 saturated carbocycles. The minimum Gasteiger partial charge on any atom is -0.497 e. The molecule has 0 aliphatic heterocycles. The predicted molar refractivity (Wildman–Crippen MR) is 86.8 cm³/mol. The van der Waals surface area contributed by atoms with Gasteiger partial charge in [0.1, 0.15) is 5.75 Å². The van der Waals surface area contributed by atoms with Crippen LogP contribution in [-0.2, 0) is 0 Å². The summed E-state index contributed by atoms with van der Waals surface area (Å²) in [5.74, 6) is 1.60. The summed E-state index contributed by atoms with van der Waals surface area (Å²) >= 11 is 0. The number of methoxy groups -OCH3 is 1. The van der Waals surface area contributed by atoms with Crippen molar-refractivity contribution < 1.29 is 9.53 Å². The van der Waals surface area contributed by atoms with Gasteiger partial charge < -0.3 is 4.74 Å². The van der Waals surface area contributed by atoms with Gasteiger partial charge in [0.25, 0.3) is 5.91 Å². The molecule has 0 aliphatic carbocycles. The first-order valence-electron chi connectivity index (χ1n) is 7.42. The molecule has 0 radical (unpaired) electrons. The molecule has 1 rings (SSSR count). The van der Waals surface area contributed by atoms with E-state index in [4.69, 9.17) is 4.74 Å². The smallest absolute Gasteiger partial charge is 0.271 e. The number of carbonyl (C=O) groups excluding carboxylic acids is 1. The molecule has 0 spiro atoms. The molecular formula is C17H26N2O2. The number of amides is 1. The molecule has 0 fully saturated rings. The maximum atomic E-state index is 12.1. The monoisotopic (exact) mass is 290 g/mol. The van der Waals surface area contributed by atoms with Gasteiger partial charge in [-0.05, 0) is 48.9 Å². The highest BCUT2D eigenvalue weighted by Crippen LogP contribution is 2.12. The average molecular weight is 290 g/mol. The Bertz CT molecular complexity index is 464. The number of hydrazone groups is 1. The van der Waals surface area contributed by atoms with Crippen LogP contribution in [0.15, 0.2) is 29.4 Å². The van der Waals surface area contributed by atoms with E-state index in [0.29, 0.717) is 17.4 Å². The third-order valence-electron chi connectivity index (χ3n) is 2.96. The number of nitrogens with zero attached hydrogens (tertiary/aromatic N) is 1. The molecule has 4 nitrogen and oxygen atoms in total. The number of benzene rings is 1. The van der Waals surface area contributed by atoms with Crippen molar-refractivity contribution in [3.05, 3.63) is 29.8 Å². The van der Waals surface area contributed by atoms with Gasteiger partial charge in [0.2, 0.25) is 0 Å². The fourth-order valence-electron chi connectivity index (χ4n) is 2.05. The second kappa shape index (κ2) is 8.45. The number of ether oxygens (including phenoxy) is 1. The van der Waals surface area contributed by atoms with E-state index < -0.39 is 0 Å². The van der Waals surface area contributed by atoms with Crippen molar-refractivity contribution in [1.29, 1.82) is 0 Å². The van der Waals surface area contributed by atoms with Gasteiger partial charge >= 0.3 is 0 Å². The number of rotatable bonds is 7. The molecule has 21 heavy (non-hydrogen) atoms. The summed E-state index contributed by atoms with van der Waals surface area (Å²) in [5.41, 5.74) is 4.28. The Kier molecular flexibility index (Phi) is 6.92. The minimum absolute atomic E-state index is 0.192. The Balaban J connectivity index is 2.71. The molecular weight excluding hydrogens is 264 g/mol. The standard InChI is InChI=1S/C17H26N2O2/c1-12(2)10-15(11-13(3)4)18-19-17(20)14-6-8-16(21-5)9-7-14/h6-9,12-13H,10-11H2,1-5H3,(H,19,20). The van der Waals surface area contributed by atoms with Crippen molar-refractivity contribution in [2.75, 3.05) is 7.11 Å². The molecule has 0 unspecified atom stereocenters. The van der Waals surface area contributed by atoms with Crippen LogP contribution in [0.3, 0.4) is 0 Å². The zero-order chi connectivity index (χ0) is 15.8. The van der Waals surface area contributed by atoms with Crippen LogP contribution in [-0.4, -0.2) is 18.7 Å². The number of hydrogen-bond acceptors (Lipinski definition) is 3. The normalized spacial score (nSPS) is 10.6. The molecule has 0 bridgehead atoms. The summed E-state index contributed by atoms with van der Waals surface area (Å²) < 4.78 is 5.08. The average Bonchev–Trinajstić information content (AvgIpc) is 2.43. The first-order chi connectivity index (χ1) is 9.92. The summed E-state index contributed by atoms with van der Waals surface area (Å²) in [5, 5.41) is 4.31. The second-order valence-electron chi connectivity index (χ2n) is 6.04. The van der Waals surface area contributed by atoms with Gasteiger partial charge in [-0.2, -0.15) is 5.10 Å². The number of carbonyl (C=O) groups is 1. The van der Waals surface area contributed by atoms with Gasteiger partial charge in [0.15, 0.2) is 0 Å². The summed E-state index contributed by atoms with van der Waals surface area (Å²) in [6.45, 7) is 8.62. The molecule has 0 saturated heterocycles. The van der Waals surface area contributed by atoms with Crippen LogP contribution < -0.4 is 10.2 Å². The van der Waals surface area contributed by atoms with Crippen molar-refractivity contribution in [2.24, 2.45) is 16.9 Å². The second-order valence-corrected chi connectivity index (χ2v) is 6.04. The van der Waals surface area contributed by atoms with Crippen LogP contribution in [0.5, 0.6) is 5.75 Å². The van der Waals surface area contributed by atoms with E-state index in [-0.39, 0.29) is 5.91 Å². The first-order valence-corrected chi connectivity index (χ1v) is 7.42. The van der Waals surface area contributed by atoms with Crippen LogP contribution in [0, 0.1) is 11.8 Å². The molecule has 116 valence electrons. The first kappa shape index (κ1) is 17.2. The lowest BCUT2D eigenvalue weighted by atomic mass is 9.99.